The predicted molar refractivity (Wildman–Crippen MR) is 83.9 cm³/mol. The molecule has 2 aromatic rings. The third kappa shape index (κ3) is 4.10. The molecular weight excluding hydrogens is 358 g/mol. The number of carbonyl (C=O) groups is 2. The number of nitrogens with one attached hydrogen (secondary N) is 1. The van der Waals surface area contributed by atoms with Crippen molar-refractivity contribution in [2.24, 2.45) is 5.73 Å². The van der Waals surface area contributed by atoms with Crippen molar-refractivity contribution in [2.75, 3.05) is 11.9 Å². The number of nitrogens with zero attached hydrogens (tertiary/aromatic N) is 1. The minimum absolute atomic E-state index is 0.0850. The van der Waals surface area contributed by atoms with Crippen LogP contribution in [0.3, 0.4) is 0 Å². The summed E-state index contributed by atoms with van der Waals surface area (Å²) < 4.78 is 0.569. The van der Waals surface area contributed by atoms with Crippen LogP contribution in [0, 0.1) is 0 Å². The number of carboxylic acid groups (broad SMARTS) is 1. The van der Waals surface area contributed by atoms with Gasteiger partial charge in [-0.25, -0.2) is 9.78 Å². The van der Waals surface area contributed by atoms with Crippen molar-refractivity contribution in [3.63, 3.8) is 0 Å². The summed E-state index contributed by atoms with van der Waals surface area (Å²) in [5, 5.41) is 14.1. The van der Waals surface area contributed by atoms with Gasteiger partial charge in [0, 0.05) is 22.0 Å². The number of hydrogen-bond acceptors (Lipinski definition) is 5. The lowest BCUT2D eigenvalue weighted by molar-refractivity contribution is 0.0696. The molecule has 0 spiro atoms. The highest BCUT2D eigenvalue weighted by Crippen LogP contribution is 2.21. The van der Waals surface area contributed by atoms with Crippen molar-refractivity contribution >= 4 is 44.8 Å². The summed E-state index contributed by atoms with van der Waals surface area (Å²) in [5.74, 6) is -1.45. The highest BCUT2D eigenvalue weighted by Gasteiger charge is 2.13. The summed E-state index contributed by atoms with van der Waals surface area (Å²) in [6.45, 7) is 0.474. The highest BCUT2D eigenvalue weighted by molar-refractivity contribution is 9.10. The van der Waals surface area contributed by atoms with E-state index < -0.39 is 5.97 Å². The molecule has 6 nitrogen and oxygen atoms in total. The maximum absolute atomic E-state index is 12.1. The van der Waals surface area contributed by atoms with Gasteiger partial charge >= 0.3 is 5.97 Å². The number of hydrogen-bond donors (Lipinski definition) is 3. The summed E-state index contributed by atoms with van der Waals surface area (Å²) in [4.78, 5) is 27.2. The number of aromatic carboxylic acids is 1. The van der Waals surface area contributed by atoms with Crippen LogP contribution in [0.5, 0.6) is 0 Å². The first-order valence-electron chi connectivity index (χ1n) is 5.99. The molecule has 0 saturated heterocycles. The van der Waals surface area contributed by atoms with Gasteiger partial charge < -0.3 is 16.2 Å². The number of benzene rings is 1. The van der Waals surface area contributed by atoms with Crippen LogP contribution in [0.25, 0.3) is 0 Å². The number of aromatic nitrogens is 1. The van der Waals surface area contributed by atoms with E-state index in [2.05, 4.69) is 26.2 Å². The lowest BCUT2D eigenvalue weighted by atomic mass is 10.2. The predicted octanol–water partition coefficient (Wildman–Crippen LogP) is 2.36. The number of thiazole rings is 1. The van der Waals surface area contributed by atoms with Gasteiger partial charge in [-0.05, 0) is 24.7 Å². The van der Waals surface area contributed by atoms with Crippen LogP contribution in [-0.4, -0.2) is 28.5 Å². The maximum atomic E-state index is 12.1. The van der Waals surface area contributed by atoms with Crippen molar-refractivity contribution in [2.45, 2.75) is 6.42 Å². The fourth-order valence-electron chi connectivity index (χ4n) is 1.63. The molecule has 0 bridgehead atoms. The maximum Gasteiger partial charge on any atom is 0.335 e. The van der Waals surface area contributed by atoms with Gasteiger partial charge in [0.15, 0.2) is 0 Å². The Balaban J connectivity index is 2.16. The van der Waals surface area contributed by atoms with E-state index in [0.717, 1.165) is 5.01 Å². The molecule has 21 heavy (non-hydrogen) atoms. The monoisotopic (exact) mass is 369 g/mol. The number of nitrogens with two attached hydrogens (primary N) is 1. The quantitative estimate of drug-likeness (QED) is 0.749. The summed E-state index contributed by atoms with van der Waals surface area (Å²) in [6.07, 6.45) is 0.623. The van der Waals surface area contributed by atoms with Gasteiger partial charge in [-0.2, -0.15) is 0 Å². The summed E-state index contributed by atoms with van der Waals surface area (Å²) >= 11 is 4.58. The second-order valence-electron chi connectivity index (χ2n) is 4.15. The molecule has 0 aliphatic heterocycles. The molecule has 0 atom stereocenters. The molecule has 110 valence electrons. The van der Waals surface area contributed by atoms with Crippen LogP contribution in [0.4, 0.5) is 5.69 Å². The fraction of sp³-hybridized carbons (Fsp3) is 0.154. The fourth-order valence-corrected chi connectivity index (χ4v) is 2.92. The third-order valence-electron chi connectivity index (χ3n) is 2.55. The zero-order valence-corrected chi connectivity index (χ0v) is 13.2. The molecule has 4 N–H and O–H groups in total. The molecule has 2 rings (SSSR count). The van der Waals surface area contributed by atoms with Crippen molar-refractivity contribution in [3.05, 3.63) is 44.3 Å². The Morgan fingerprint density at radius 1 is 1.38 bits per heavy atom. The molecule has 1 amide bonds. The number of carbonyl (C=O) groups excluding carboxylic acids is 1. The molecular formula is C13H12BrN3O3S. The lowest BCUT2D eigenvalue weighted by Crippen LogP contribution is -2.13. The first-order valence-corrected chi connectivity index (χ1v) is 7.66. The van der Waals surface area contributed by atoms with Gasteiger partial charge in [-0.3, -0.25) is 4.79 Å². The number of carboxylic acids is 1. The van der Waals surface area contributed by atoms with E-state index in [0.29, 0.717) is 28.8 Å². The molecule has 0 aliphatic carbocycles. The molecule has 0 radical (unpaired) electrons. The Kier molecular flexibility index (Phi) is 5.05. The Bertz CT molecular complexity index is 687. The van der Waals surface area contributed by atoms with E-state index in [-0.39, 0.29) is 11.5 Å². The van der Waals surface area contributed by atoms with E-state index in [1.54, 1.807) is 11.4 Å². The van der Waals surface area contributed by atoms with Crippen molar-refractivity contribution < 1.29 is 14.7 Å². The summed E-state index contributed by atoms with van der Waals surface area (Å²) in [5.41, 5.74) is 6.20. The number of halogens is 1. The second-order valence-corrected chi connectivity index (χ2v) is 6.01. The standard InChI is InChI=1S/C13H12BrN3O3S/c14-8-3-7(13(19)20)4-9(5-8)16-12(18)10-6-21-11(17-10)1-2-15/h3-6H,1-2,15H2,(H,16,18)(H,19,20). The topological polar surface area (TPSA) is 105 Å². The smallest absolute Gasteiger partial charge is 0.335 e. The zero-order chi connectivity index (χ0) is 15.4. The average Bonchev–Trinajstić information content (AvgIpc) is 2.87. The van der Waals surface area contributed by atoms with Crippen LogP contribution < -0.4 is 11.1 Å². The molecule has 0 fully saturated rings. The van der Waals surface area contributed by atoms with Crippen LogP contribution in [0.2, 0.25) is 0 Å². The van der Waals surface area contributed by atoms with Crippen LogP contribution >= 0.6 is 27.3 Å². The molecule has 0 saturated carbocycles. The molecule has 1 aromatic heterocycles. The van der Waals surface area contributed by atoms with Crippen molar-refractivity contribution in [1.82, 2.24) is 4.98 Å². The van der Waals surface area contributed by atoms with Gasteiger partial charge in [-0.15, -0.1) is 11.3 Å². The first kappa shape index (κ1) is 15.6. The van der Waals surface area contributed by atoms with Gasteiger partial charge in [0.1, 0.15) is 5.69 Å². The third-order valence-corrected chi connectivity index (χ3v) is 3.91. The summed E-state index contributed by atoms with van der Waals surface area (Å²) in [6, 6.07) is 4.47. The average molecular weight is 370 g/mol. The van der Waals surface area contributed by atoms with Crippen LogP contribution in [0.1, 0.15) is 25.9 Å². The Labute approximate surface area is 133 Å². The van der Waals surface area contributed by atoms with Gasteiger partial charge in [-0.1, -0.05) is 15.9 Å². The largest absolute Gasteiger partial charge is 0.478 e. The minimum atomic E-state index is -1.06. The SMILES string of the molecule is NCCc1nc(C(=O)Nc2cc(Br)cc(C(=O)O)c2)cs1. The molecule has 0 unspecified atom stereocenters. The highest BCUT2D eigenvalue weighted by atomic mass is 79.9. The number of amides is 1. The van der Waals surface area contributed by atoms with Gasteiger partial charge in [0.25, 0.3) is 5.91 Å². The Hall–Kier alpha value is -1.77. The van der Waals surface area contributed by atoms with Crippen molar-refractivity contribution in [3.8, 4) is 0 Å². The van der Waals surface area contributed by atoms with Crippen molar-refractivity contribution in [1.29, 1.82) is 0 Å². The molecule has 8 heteroatoms. The molecule has 1 aromatic carbocycles. The van der Waals surface area contributed by atoms with E-state index >= 15 is 0 Å². The molecule has 0 aliphatic rings. The van der Waals surface area contributed by atoms with Crippen LogP contribution in [-0.2, 0) is 6.42 Å². The Morgan fingerprint density at radius 3 is 2.81 bits per heavy atom. The number of rotatable bonds is 5. The lowest BCUT2D eigenvalue weighted by Gasteiger charge is -2.05. The first-order chi connectivity index (χ1) is 9.99. The Morgan fingerprint density at radius 2 is 2.14 bits per heavy atom. The normalized spacial score (nSPS) is 10.4. The van der Waals surface area contributed by atoms with Crippen LogP contribution in [0.15, 0.2) is 28.1 Å². The molecule has 1 heterocycles. The van der Waals surface area contributed by atoms with E-state index in [9.17, 15) is 9.59 Å². The second kappa shape index (κ2) is 6.79. The van der Waals surface area contributed by atoms with E-state index in [4.69, 9.17) is 10.8 Å². The van der Waals surface area contributed by atoms with Gasteiger partial charge in [0.05, 0.1) is 10.6 Å². The van der Waals surface area contributed by atoms with E-state index in [1.165, 1.54) is 23.5 Å². The zero-order valence-electron chi connectivity index (χ0n) is 10.8. The van der Waals surface area contributed by atoms with Gasteiger partial charge in [0.2, 0.25) is 0 Å². The minimum Gasteiger partial charge on any atom is -0.478 e. The summed E-state index contributed by atoms with van der Waals surface area (Å²) in [7, 11) is 0. The number of anilines is 1. The van der Waals surface area contributed by atoms with E-state index in [1.807, 2.05) is 0 Å².